The summed E-state index contributed by atoms with van der Waals surface area (Å²) in [7, 11) is -2.80. The second kappa shape index (κ2) is 3.97. The summed E-state index contributed by atoms with van der Waals surface area (Å²) in [6.07, 6.45) is 1.20. The normalized spacial score (nSPS) is 13.6. The third kappa shape index (κ3) is 1.58. The Kier molecular flexibility index (Phi) is 1.72. The summed E-state index contributed by atoms with van der Waals surface area (Å²) in [5.74, 6) is -0.188. The number of rotatable bonds is 3. The van der Waals surface area contributed by atoms with Crippen LogP contribution in [0.5, 0.6) is 5.75 Å². The standard InChI is InChI=1S/C9H8N4O3/c1-16-8-6(9-10-5-11-12-9)3-2-4-7(8)13(14)15/h2-5H,1H3,(H,10,11,12)/i1D3. The average molecular weight is 223 g/mol. The summed E-state index contributed by atoms with van der Waals surface area (Å²) in [6, 6.07) is 4.01. The van der Waals surface area contributed by atoms with Gasteiger partial charge in [0.25, 0.3) is 0 Å². The number of para-hydroxylation sites is 1. The van der Waals surface area contributed by atoms with Gasteiger partial charge in [0.05, 0.1) is 21.6 Å². The molecule has 0 saturated heterocycles. The van der Waals surface area contributed by atoms with E-state index in [4.69, 9.17) is 8.85 Å². The number of nitro benzene ring substituents is 1. The maximum absolute atomic E-state index is 10.9. The third-order valence-electron chi connectivity index (χ3n) is 1.96. The maximum Gasteiger partial charge on any atom is 0.311 e. The predicted octanol–water partition coefficient (Wildman–Crippen LogP) is 1.39. The summed E-state index contributed by atoms with van der Waals surface area (Å²) in [4.78, 5) is 14.0. The van der Waals surface area contributed by atoms with Gasteiger partial charge in [-0.25, -0.2) is 4.98 Å². The first-order chi connectivity index (χ1) is 8.88. The summed E-state index contributed by atoms with van der Waals surface area (Å²) >= 11 is 0. The molecule has 2 rings (SSSR count). The van der Waals surface area contributed by atoms with Gasteiger partial charge in [-0.1, -0.05) is 6.07 Å². The van der Waals surface area contributed by atoms with Gasteiger partial charge in [0.15, 0.2) is 5.82 Å². The number of H-pyrrole nitrogens is 1. The lowest BCUT2D eigenvalue weighted by atomic mass is 10.1. The molecule has 7 heteroatoms. The zero-order valence-corrected chi connectivity index (χ0v) is 7.88. The van der Waals surface area contributed by atoms with Gasteiger partial charge in [-0.15, -0.1) is 0 Å². The molecule has 1 heterocycles. The zero-order chi connectivity index (χ0) is 14.0. The maximum atomic E-state index is 10.9. The number of nitro groups is 1. The fourth-order valence-electron chi connectivity index (χ4n) is 1.30. The molecule has 0 aliphatic heterocycles. The molecule has 0 atom stereocenters. The van der Waals surface area contributed by atoms with E-state index in [9.17, 15) is 10.1 Å². The van der Waals surface area contributed by atoms with Gasteiger partial charge in [-0.05, 0) is 6.07 Å². The van der Waals surface area contributed by atoms with Crippen LogP contribution in [0.15, 0.2) is 24.5 Å². The second-order valence-corrected chi connectivity index (χ2v) is 2.85. The number of nitrogens with one attached hydrogen (secondary N) is 1. The molecule has 0 spiro atoms. The van der Waals surface area contributed by atoms with Gasteiger partial charge >= 0.3 is 5.69 Å². The highest BCUT2D eigenvalue weighted by molar-refractivity contribution is 5.70. The van der Waals surface area contributed by atoms with Crippen LogP contribution in [0.2, 0.25) is 0 Å². The molecule has 2 aromatic rings. The molecule has 0 aliphatic carbocycles. The Bertz CT molecular complexity index is 597. The van der Waals surface area contributed by atoms with Crippen LogP contribution in [0, 0.1) is 10.1 Å². The van der Waals surface area contributed by atoms with Crippen molar-refractivity contribution in [1.82, 2.24) is 15.2 Å². The van der Waals surface area contributed by atoms with Crippen molar-refractivity contribution in [1.29, 1.82) is 0 Å². The van der Waals surface area contributed by atoms with E-state index in [2.05, 4.69) is 15.2 Å². The van der Waals surface area contributed by atoms with Crippen molar-refractivity contribution in [3.63, 3.8) is 0 Å². The number of hydrogen-bond donors (Lipinski definition) is 1. The third-order valence-corrected chi connectivity index (χ3v) is 1.96. The quantitative estimate of drug-likeness (QED) is 0.626. The molecule has 0 saturated carbocycles. The summed E-state index contributed by atoms with van der Waals surface area (Å²) < 4.78 is 25.9. The van der Waals surface area contributed by atoms with Gasteiger partial charge in [0.1, 0.15) is 6.33 Å². The molecule has 0 radical (unpaired) electrons. The Balaban J connectivity index is 2.60. The smallest absolute Gasteiger partial charge is 0.311 e. The van der Waals surface area contributed by atoms with E-state index in [0.29, 0.717) is 0 Å². The number of methoxy groups -OCH3 is 1. The molecule has 0 aliphatic rings. The van der Waals surface area contributed by atoms with Crippen molar-refractivity contribution in [3.05, 3.63) is 34.6 Å². The number of benzene rings is 1. The fourth-order valence-corrected chi connectivity index (χ4v) is 1.30. The topological polar surface area (TPSA) is 93.9 Å². The van der Waals surface area contributed by atoms with Crippen molar-refractivity contribution in [2.24, 2.45) is 0 Å². The molecule has 0 bridgehead atoms. The van der Waals surface area contributed by atoms with Crippen molar-refractivity contribution < 1.29 is 13.8 Å². The molecule has 1 aromatic heterocycles. The fraction of sp³-hybridized carbons (Fsp3) is 0.111. The molecule has 0 unspecified atom stereocenters. The number of aromatic amines is 1. The summed E-state index contributed by atoms with van der Waals surface area (Å²) in [5.41, 5.74) is -0.298. The van der Waals surface area contributed by atoms with Gasteiger partial charge in [-0.3, -0.25) is 15.2 Å². The van der Waals surface area contributed by atoms with Gasteiger partial charge in [0.2, 0.25) is 5.75 Å². The van der Waals surface area contributed by atoms with E-state index in [1.54, 1.807) is 0 Å². The van der Waals surface area contributed by atoms with E-state index in [1.165, 1.54) is 18.5 Å². The van der Waals surface area contributed by atoms with Crippen LogP contribution in [-0.2, 0) is 0 Å². The molecule has 1 aromatic carbocycles. The summed E-state index contributed by atoms with van der Waals surface area (Å²) in [5, 5.41) is 17.0. The molecular formula is C9H8N4O3. The molecule has 1 N–H and O–H groups in total. The Morgan fingerprint density at radius 1 is 1.62 bits per heavy atom. The summed E-state index contributed by atoms with van der Waals surface area (Å²) in [6.45, 7) is 0. The number of aromatic nitrogens is 3. The van der Waals surface area contributed by atoms with Crippen LogP contribution < -0.4 is 4.74 Å². The van der Waals surface area contributed by atoms with Crippen molar-refractivity contribution in [3.8, 4) is 17.1 Å². The van der Waals surface area contributed by atoms with Crippen molar-refractivity contribution in [2.45, 2.75) is 0 Å². The van der Waals surface area contributed by atoms with Crippen LogP contribution in [0.3, 0.4) is 0 Å². The lowest BCUT2D eigenvalue weighted by Gasteiger charge is -2.05. The SMILES string of the molecule is [2H]C([2H])([2H])Oc1c(-c2ncn[nH]2)cccc1[N+](=O)[O-]. The first kappa shape index (κ1) is 6.94. The number of ether oxygens (including phenoxy) is 1. The van der Waals surface area contributed by atoms with Gasteiger partial charge in [-0.2, -0.15) is 5.10 Å². The van der Waals surface area contributed by atoms with Crippen molar-refractivity contribution in [2.75, 3.05) is 7.04 Å². The highest BCUT2D eigenvalue weighted by Gasteiger charge is 2.20. The Morgan fingerprint density at radius 3 is 3.12 bits per heavy atom. The molecule has 16 heavy (non-hydrogen) atoms. The monoisotopic (exact) mass is 223 g/mol. The van der Waals surface area contributed by atoms with E-state index >= 15 is 0 Å². The highest BCUT2D eigenvalue weighted by Crippen LogP contribution is 2.35. The minimum Gasteiger partial charge on any atom is -0.490 e. The second-order valence-electron chi connectivity index (χ2n) is 2.85. The van der Waals surface area contributed by atoms with Crippen LogP contribution in [0.1, 0.15) is 4.11 Å². The molecule has 0 fully saturated rings. The molecular weight excluding hydrogens is 212 g/mol. The number of nitrogens with zero attached hydrogens (tertiary/aromatic N) is 3. The Hall–Kier alpha value is -2.44. The van der Waals surface area contributed by atoms with Crippen LogP contribution in [0.4, 0.5) is 5.69 Å². The average Bonchev–Trinajstić information content (AvgIpc) is 2.80. The van der Waals surface area contributed by atoms with Crippen molar-refractivity contribution >= 4 is 5.69 Å². The van der Waals surface area contributed by atoms with Gasteiger partial charge in [0, 0.05) is 6.07 Å². The predicted molar refractivity (Wildman–Crippen MR) is 55.0 cm³/mol. The molecule has 82 valence electrons. The van der Waals surface area contributed by atoms with E-state index in [0.717, 1.165) is 6.07 Å². The molecule has 7 nitrogen and oxygen atoms in total. The number of hydrogen-bond acceptors (Lipinski definition) is 5. The van der Waals surface area contributed by atoms with Crippen LogP contribution >= 0.6 is 0 Å². The first-order valence-electron chi connectivity index (χ1n) is 5.70. The minimum atomic E-state index is -2.80. The first-order valence-corrected chi connectivity index (χ1v) is 4.20. The van der Waals surface area contributed by atoms with E-state index in [1.807, 2.05) is 0 Å². The van der Waals surface area contributed by atoms with Gasteiger partial charge < -0.3 is 4.74 Å². The van der Waals surface area contributed by atoms with Crippen LogP contribution in [0.25, 0.3) is 11.4 Å². The molecule has 0 amide bonds. The van der Waals surface area contributed by atoms with E-state index in [-0.39, 0.29) is 17.1 Å². The Morgan fingerprint density at radius 2 is 2.50 bits per heavy atom. The largest absolute Gasteiger partial charge is 0.490 e. The zero-order valence-electron chi connectivity index (χ0n) is 10.9. The minimum absolute atomic E-state index is 0.155. The van der Waals surface area contributed by atoms with E-state index < -0.39 is 17.6 Å². The van der Waals surface area contributed by atoms with Crippen LogP contribution in [-0.4, -0.2) is 27.1 Å². The Labute approximate surface area is 94.5 Å². The lowest BCUT2D eigenvalue weighted by Crippen LogP contribution is -1.96. The highest BCUT2D eigenvalue weighted by atomic mass is 16.6. The lowest BCUT2D eigenvalue weighted by molar-refractivity contribution is -0.385.